The van der Waals surface area contributed by atoms with Crippen LogP contribution in [0.25, 0.3) is 0 Å². The van der Waals surface area contributed by atoms with Crippen LogP contribution in [0.4, 0.5) is 11.4 Å². The van der Waals surface area contributed by atoms with Crippen molar-refractivity contribution in [2.24, 2.45) is 5.10 Å². The van der Waals surface area contributed by atoms with Crippen molar-refractivity contribution in [3.63, 3.8) is 0 Å². The molecule has 29 heavy (non-hydrogen) atoms. The van der Waals surface area contributed by atoms with E-state index in [1.165, 1.54) is 0 Å². The fourth-order valence-corrected chi connectivity index (χ4v) is 2.62. The third-order valence-electron chi connectivity index (χ3n) is 3.94. The molecule has 152 valence electrons. The number of rotatable bonds is 5. The smallest absolute Gasteiger partial charge is 0.325 e. The molecule has 0 unspecified atom stereocenters. The minimum atomic E-state index is -0.966. The molecule has 0 saturated carbocycles. The third-order valence-corrected chi connectivity index (χ3v) is 4.76. The van der Waals surface area contributed by atoms with E-state index in [1.807, 2.05) is 6.92 Å². The number of anilines is 2. The van der Waals surface area contributed by atoms with Gasteiger partial charge in [0.2, 0.25) is 5.91 Å². The lowest BCUT2D eigenvalue weighted by Crippen LogP contribution is -2.33. The normalized spacial score (nSPS) is 11.0. The summed E-state index contributed by atoms with van der Waals surface area (Å²) in [6, 6.07) is 10.1. The van der Waals surface area contributed by atoms with Crippen LogP contribution in [0.1, 0.15) is 24.5 Å². The molecule has 0 aliphatic heterocycles. The number of hydrogen-bond acceptors (Lipinski definition) is 4. The van der Waals surface area contributed by atoms with Gasteiger partial charge < -0.3 is 10.6 Å². The number of nitrogens with one attached hydrogen (secondary N) is 3. The summed E-state index contributed by atoms with van der Waals surface area (Å²) in [7, 11) is 0. The number of hydrazone groups is 1. The average Bonchev–Trinajstić information content (AvgIpc) is 2.66. The molecule has 0 aliphatic rings. The van der Waals surface area contributed by atoms with Gasteiger partial charge in [0.1, 0.15) is 0 Å². The van der Waals surface area contributed by atoms with Crippen molar-refractivity contribution in [2.45, 2.75) is 27.2 Å². The van der Waals surface area contributed by atoms with E-state index >= 15 is 0 Å². The number of hydrogen-bond donors (Lipinski definition) is 3. The summed E-state index contributed by atoms with van der Waals surface area (Å²) >= 11 is 12.0. The van der Waals surface area contributed by atoms with Gasteiger partial charge in [-0.05, 0) is 56.2 Å². The molecule has 9 heteroatoms. The van der Waals surface area contributed by atoms with E-state index in [2.05, 4.69) is 21.2 Å². The summed E-state index contributed by atoms with van der Waals surface area (Å²) in [6.07, 6.45) is -0.0680. The Kier molecular flexibility index (Phi) is 7.75. The van der Waals surface area contributed by atoms with Gasteiger partial charge in [-0.3, -0.25) is 14.4 Å². The van der Waals surface area contributed by atoms with Crippen LogP contribution in [0.15, 0.2) is 41.5 Å². The summed E-state index contributed by atoms with van der Waals surface area (Å²) < 4.78 is 0. The SMILES string of the molecule is CC(CC(=O)Nc1cccc(Cl)c1C)=NNC(=O)C(=O)Nc1ccc(C)c(Cl)c1. The maximum Gasteiger partial charge on any atom is 0.329 e. The summed E-state index contributed by atoms with van der Waals surface area (Å²) in [6.45, 7) is 5.17. The monoisotopic (exact) mass is 434 g/mol. The standard InChI is InChI=1S/C20H20Cl2N4O3/c1-11-7-8-14(10-16(11)22)23-19(28)20(29)26-25-12(2)9-18(27)24-17-6-4-5-15(21)13(17)3/h4-8,10H,9H2,1-3H3,(H,23,28)(H,24,27)(H,26,29). The van der Waals surface area contributed by atoms with Crippen LogP contribution < -0.4 is 16.1 Å². The first-order valence-electron chi connectivity index (χ1n) is 8.63. The summed E-state index contributed by atoms with van der Waals surface area (Å²) in [5, 5.41) is 9.94. The first kappa shape index (κ1) is 22.4. The molecule has 3 N–H and O–H groups in total. The van der Waals surface area contributed by atoms with Crippen LogP contribution >= 0.6 is 23.2 Å². The fraction of sp³-hybridized carbons (Fsp3) is 0.200. The second-order valence-electron chi connectivity index (χ2n) is 6.34. The van der Waals surface area contributed by atoms with E-state index in [0.717, 1.165) is 11.1 Å². The van der Waals surface area contributed by atoms with Gasteiger partial charge in [-0.15, -0.1) is 0 Å². The third kappa shape index (κ3) is 6.58. The largest absolute Gasteiger partial charge is 0.329 e. The maximum atomic E-state index is 12.1. The number of aryl methyl sites for hydroxylation is 1. The molecule has 2 aromatic carbocycles. The van der Waals surface area contributed by atoms with Gasteiger partial charge in [-0.1, -0.05) is 35.3 Å². The van der Waals surface area contributed by atoms with Gasteiger partial charge in [0.05, 0.1) is 6.42 Å². The van der Waals surface area contributed by atoms with Gasteiger partial charge in [-0.25, -0.2) is 5.43 Å². The van der Waals surface area contributed by atoms with E-state index in [1.54, 1.807) is 50.2 Å². The Morgan fingerprint density at radius 2 is 1.69 bits per heavy atom. The lowest BCUT2D eigenvalue weighted by molar-refractivity contribution is -0.136. The lowest BCUT2D eigenvalue weighted by atomic mass is 10.2. The Balaban J connectivity index is 1.88. The van der Waals surface area contributed by atoms with Gasteiger partial charge in [0, 0.05) is 27.1 Å². The fourth-order valence-electron chi connectivity index (χ4n) is 2.26. The Bertz CT molecular complexity index is 990. The maximum absolute atomic E-state index is 12.1. The first-order valence-corrected chi connectivity index (χ1v) is 9.38. The van der Waals surface area contributed by atoms with E-state index in [4.69, 9.17) is 23.2 Å². The van der Waals surface area contributed by atoms with Crippen LogP contribution in [0.5, 0.6) is 0 Å². The van der Waals surface area contributed by atoms with Crippen LogP contribution in [0.3, 0.4) is 0 Å². The van der Waals surface area contributed by atoms with Crippen LogP contribution in [0, 0.1) is 13.8 Å². The summed E-state index contributed by atoms with van der Waals surface area (Å²) in [4.78, 5) is 35.9. The molecule has 7 nitrogen and oxygen atoms in total. The average molecular weight is 435 g/mol. The zero-order valence-electron chi connectivity index (χ0n) is 16.1. The molecule has 0 aromatic heterocycles. The number of nitrogens with zero attached hydrogens (tertiary/aromatic N) is 1. The van der Waals surface area contributed by atoms with Crippen molar-refractivity contribution in [1.29, 1.82) is 0 Å². The molecule has 0 fully saturated rings. The summed E-state index contributed by atoms with van der Waals surface area (Å²) in [5.74, 6) is -2.20. The molecular weight excluding hydrogens is 415 g/mol. The first-order chi connectivity index (χ1) is 13.7. The quantitative estimate of drug-likeness (QED) is 0.375. The van der Waals surface area contributed by atoms with Crippen molar-refractivity contribution >= 4 is 58.0 Å². The highest BCUT2D eigenvalue weighted by atomic mass is 35.5. The zero-order chi connectivity index (χ0) is 21.6. The zero-order valence-corrected chi connectivity index (χ0v) is 17.6. The van der Waals surface area contributed by atoms with Gasteiger partial charge in [-0.2, -0.15) is 5.10 Å². The predicted molar refractivity (Wildman–Crippen MR) is 116 cm³/mol. The Morgan fingerprint density at radius 1 is 0.966 bits per heavy atom. The molecule has 2 rings (SSSR count). The number of halogens is 2. The molecule has 0 aliphatic carbocycles. The number of carbonyl (C=O) groups is 3. The molecule has 2 aromatic rings. The van der Waals surface area contributed by atoms with Crippen molar-refractivity contribution < 1.29 is 14.4 Å². The molecule has 0 spiro atoms. The number of carbonyl (C=O) groups excluding carboxylic acids is 3. The van der Waals surface area contributed by atoms with Gasteiger partial charge in [0.25, 0.3) is 0 Å². The lowest BCUT2D eigenvalue weighted by Gasteiger charge is -2.09. The Morgan fingerprint density at radius 3 is 2.38 bits per heavy atom. The minimum Gasteiger partial charge on any atom is -0.325 e. The van der Waals surface area contributed by atoms with Crippen molar-refractivity contribution in [3.8, 4) is 0 Å². The summed E-state index contributed by atoms with van der Waals surface area (Å²) in [5.41, 5.74) is 5.02. The highest BCUT2D eigenvalue weighted by molar-refractivity contribution is 6.40. The molecule has 0 radical (unpaired) electrons. The molecule has 0 atom stereocenters. The van der Waals surface area contributed by atoms with Crippen molar-refractivity contribution in [3.05, 3.63) is 57.6 Å². The Labute approximate surface area is 178 Å². The van der Waals surface area contributed by atoms with E-state index < -0.39 is 11.8 Å². The van der Waals surface area contributed by atoms with E-state index in [0.29, 0.717) is 27.1 Å². The van der Waals surface area contributed by atoms with Gasteiger partial charge >= 0.3 is 11.8 Å². The number of amides is 3. The van der Waals surface area contributed by atoms with Crippen molar-refractivity contribution in [1.82, 2.24) is 5.43 Å². The predicted octanol–water partition coefficient (Wildman–Crippen LogP) is 4.07. The molecular formula is C20H20Cl2N4O3. The molecule has 3 amide bonds. The van der Waals surface area contributed by atoms with Crippen LogP contribution in [0.2, 0.25) is 10.0 Å². The second-order valence-corrected chi connectivity index (χ2v) is 7.16. The van der Waals surface area contributed by atoms with Crippen LogP contribution in [-0.2, 0) is 14.4 Å². The minimum absolute atomic E-state index is 0.0680. The molecule has 0 heterocycles. The highest BCUT2D eigenvalue weighted by Crippen LogP contribution is 2.23. The van der Waals surface area contributed by atoms with E-state index in [9.17, 15) is 14.4 Å². The van der Waals surface area contributed by atoms with Gasteiger partial charge in [0.15, 0.2) is 0 Å². The van der Waals surface area contributed by atoms with Crippen molar-refractivity contribution in [2.75, 3.05) is 10.6 Å². The number of benzene rings is 2. The molecule has 0 saturated heterocycles. The molecule has 0 bridgehead atoms. The second kappa shape index (κ2) is 10.0. The topological polar surface area (TPSA) is 99.7 Å². The van der Waals surface area contributed by atoms with Crippen LogP contribution in [-0.4, -0.2) is 23.4 Å². The van der Waals surface area contributed by atoms with E-state index in [-0.39, 0.29) is 12.3 Å². The Hall–Kier alpha value is -2.90. The highest BCUT2D eigenvalue weighted by Gasteiger charge is 2.14.